The van der Waals surface area contributed by atoms with E-state index in [1.807, 2.05) is 24.3 Å². The predicted octanol–water partition coefficient (Wildman–Crippen LogP) is 7.91. The molecule has 0 spiro atoms. The molecule has 0 aliphatic carbocycles. The van der Waals surface area contributed by atoms with Crippen LogP contribution in [0, 0.1) is 6.92 Å². The lowest BCUT2D eigenvalue weighted by molar-refractivity contribution is -0.497. The number of nitrogens with zero attached hydrogens (tertiary/aromatic N) is 1. The first kappa shape index (κ1) is 22.8. The van der Waals surface area contributed by atoms with Gasteiger partial charge in [-0.2, -0.15) is 4.40 Å². The van der Waals surface area contributed by atoms with Crippen molar-refractivity contribution in [2.75, 3.05) is 14.2 Å². The van der Waals surface area contributed by atoms with Gasteiger partial charge in [0.15, 0.2) is 6.20 Å². The standard InChI is InChI=1S/C34H28NO2/c1-23-21-31(24-9-5-4-6-10-24)34-30-12-8-7-11-29(30)32(25-13-17-27(36-2)18-14-25)33(35(34)22-23)26-15-19-28(37-3)20-16-26/h4-22H,1-3H3/q+1. The van der Waals surface area contributed by atoms with Crippen LogP contribution >= 0.6 is 0 Å². The Morgan fingerprint density at radius 1 is 0.568 bits per heavy atom. The minimum absolute atomic E-state index is 0.839. The number of benzene rings is 4. The van der Waals surface area contributed by atoms with Gasteiger partial charge in [-0.25, -0.2) is 0 Å². The number of fused-ring (bicyclic) bond motifs is 3. The second-order valence-corrected chi connectivity index (χ2v) is 9.24. The minimum atomic E-state index is 0.839. The summed E-state index contributed by atoms with van der Waals surface area (Å²) in [7, 11) is 3.40. The van der Waals surface area contributed by atoms with Crippen molar-refractivity contribution in [1.29, 1.82) is 0 Å². The molecule has 0 aliphatic heterocycles. The van der Waals surface area contributed by atoms with Crippen LogP contribution in [-0.4, -0.2) is 14.2 Å². The zero-order valence-corrected chi connectivity index (χ0v) is 21.2. The molecule has 0 N–H and O–H groups in total. The lowest BCUT2D eigenvalue weighted by Gasteiger charge is -2.15. The van der Waals surface area contributed by atoms with Gasteiger partial charge >= 0.3 is 0 Å². The van der Waals surface area contributed by atoms with Crippen LogP contribution in [0.15, 0.2) is 115 Å². The molecule has 2 heterocycles. The Hall–Kier alpha value is -4.63. The molecule has 0 atom stereocenters. The van der Waals surface area contributed by atoms with Crippen LogP contribution < -0.4 is 13.9 Å². The van der Waals surface area contributed by atoms with E-state index in [0.29, 0.717) is 0 Å². The van der Waals surface area contributed by atoms with E-state index in [4.69, 9.17) is 9.47 Å². The van der Waals surface area contributed by atoms with Crippen molar-refractivity contribution in [3.8, 4) is 45.0 Å². The number of methoxy groups -OCH3 is 2. The lowest BCUT2D eigenvalue weighted by atomic mass is 9.90. The third-order valence-electron chi connectivity index (χ3n) is 6.96. The second kappa shape index (κ2) is 9.44. The summed E-state index contributed by atoms with van der Waals surface area (Å²) in [6, 6.07) is 38.4. The molecule has 3 heteroatoms. The van der Waals surface area contributed by atoms with E-state index < -0.39 is 0 Å². The number of aromatic nitrogens is 1. The fourth-order valence-corrected chi connectivity index (χ4v) is 5.26. The maximum absolute atomic E-state index is 5.48. The Balaban J connectivity index is 1.82. The second-order valence-electron chi connectivity index (χ2n) is 9.24. The average molecular weight is 483 g/mol. The van der Waals surface area contributed by atoms with Crippen LogP contribution in [0.2, 0.25) is 0 Å². The maximum Gasteiger partial charge on any atom is 0.226 e. The first-order chi connectivity index (χ1) is 18.2. The average Bonchev–Trinajstić information content (AvgIpc) is 2.96. The molecule has 3 nitrogen and oxygen atoms in total. The van der Waals surface area contributed by atoms with Gasteiger partial charge in [-0.15, -0.1) is 0 Å². The Labute approximate surface area is 217 Å². The molecule has 0 saturated heterocycles. The largest absolute Gasteiger partial charge is 0.497 e. The molecule has 2 aromatic heterocycles. The van der Waals surface area contributed by atoms with Crippen LogP contribution in [-0.2, 0) is 0 Å². The number of rotatable bonds is 5. The molecule has 6 rings (SSSR count). The van der Waals surface area contributed by atoms with E-state index in [1.54, 1.807) is 14.2 Å². The molecule has 37 heavy (non-hydrogen) atoms. The van der Waals surface area contributed by atoms with Crippen LogP contribution in [0.4, 0.5) is 0 Å². The Bertz CT molecular complexity index is 1720. The summed E-state index contributed by atoms with van der Waals surface area (Å²) < 4.78 is 13.3. The summed E-state index contributed by atoms with van der Waals surface area (Å²) in [5.41, 5.74) is 9.39. The molecule has 0 aliphatic rings. The van der Waals surface area contributed by atoms with E-state index in [1.165, 1.54) is 38.5 Å². The third kappa shape index (κ3) is 3.99. The SMILES string of the molecule is COc1ccc(-c2c(-c3ccc(OC)cc3)[n+]3cc(C)cc(-c4ccccc4)c3c3ccccc23)cc1. The maximum atomic E-state index is 5.48. The van der Waals surface area contributed by atoms with Gasteiger partial charge in [-0.1, -0.05) is 60.7 Å². The van der Waals surface area contributed by atoms with Crippen molar-refractivity contribution < 1.29 is 13.9 Å². The van der Waals surface area contributed by atoms with Crippen LogP contribution in [0.3, 0.4) is 0 Å². The monoisotopic (exact) mass is 482 g/mol. The number of aryl methyl sites for hydroxylation is 1. The quantitative estimate of drug-likeness (QED) is 0.184. The van der Waals surface area contributed by atoms with Gasteiger partial charge in [-0.05, 0) is 66.6 Å². The molecule has 0 amide bonds. The summed E-state index contributed by atoms with van der Waals surface area (Å²) in [4.78, 5) is 0. The highest BCUT2D eigenvalue weighted by Crippen LogP contribution is 2.40. The Morgan fingerprint density at radius 2 is 1.14 bits per heavy atom. The first-order valence-electron chi connectivity index (χ1n) is 12.4. The van der Waals surface area contributed by atoms with Crippen LogP contribution in [0.25, 0.3) is 49.8 Å². The Morgan fingerprint density at radius 3 is 1.76 bits per heavy atom. The topological polar surface area (TPSA) is 22.6 Å². The van der Waals surface area contributed by atoms with Gasteiger partial charge in [0, 0.05) is 16.5 Å². The summed E-state index contributed by atoms with van der Waals surface area (Å²) >= 11 is 0. The summed E-state index contributed by atoms with van der Waals surface area (Å²) in [6.45, 7) is 2.17. The van der Waals surface area contributed by atoms with E-state index >= 15 is 0 Å². The molecule has 0 fully saturated rings. The van der Waals surface area contributed by atoms with Crippen LogP contribution in [0.1, 0.15) is 5.56 Å². The van der Waals surface area contributed by atoms with Gasteiger partial charge in [0.05, 0.1) is 30.7 Å². The van der Waals surface area contributed by atoms with Gasteiger partial charge in [0.1, 0.15) is 11.5 Å². The van der Waals surface area contributed by atoms with Crippen molar-refractivity contribution in [2.45, 2.75) is 6.92 Å². The van der Waals surface area contributed by atoms with Crippen molar-refractivity contribution in [1.82, 2.24) is 0 Å². The molecule has 0 saturated carbocycles. The summed E-state index contributed by atoms with van der Waals surface area (Å²) in [5.74, 6) is 1.68. The number of ether oxygens (including phenoxy) is 2. The van der Waals surface area contributed by atoms with Crippen LogP contribution in [0.5, 0.6) is 11.5 Å². The number of hydrogen-bond donors (Lipinski definition) is 0. The Kier molecular flexibility index (Phi) is 5.82. The molecule has 0 unspecified atom stereocenters. The minimum Gasteiger partial charge on any atom is -0.497 e. The molecule has 6 aromatic rings. The van der Waals surface area contributed by atoms with E-state index in [0.717, 1.165) is 28.3 Å². The van der Waals surface area contributed by atoms with Crippen molar-refractivity contribution in [3.05, 3.63) is 121 Å². The fourth-order valence-electron chi connectivity index (χ4n) is 5.26. The molecular formula is C34H28NO2+. The zero-order chi connectivity index (χ0) is 25.4. The molecule has 180 valence electrons. The van der Waals surface area contributed by atoms with Gasteiger partial charge in [0.2, 0.25) is 11.2 Å². The smallest absolute Gasteiger partial charge is 0.226 e. The highest BCUT2D eigenvalue weighted by Gasteiger charge is 2.27. The lowest BCUT2D eigenvalue weighted by Crippen LogP contribution is -2.27. The van der Waals surface area contributed by atoms with Gasteiger partial charge in [0.25, 0.3) is 0 Å². The number of hydrogen-bond acceptors (Lipinski definition) is 2. The molecular weight excluding hydrogens is 454 g/mol. The van der Waals surface area contributed by atoms with E-state index in [2.05, 4.69) is 102 Å². The normalized spacial score (nSPS) is 11.1. The number of pyridine rings is 2. The summed E-state index contributed by atoms with van der Waals surface area (Å²) in [5, 5.41) is 2.42. The van der Waals surface area contributed by atoms with Crippen molar-refractivity contribution >= 4 is 16.3 Å². The molecule has 4 aromatic carbocycles. The van der Waals surface area contributed by atoms with Gasteiger partial charge < -0.3 is 9.47 Å². The predicted molar refractivity (Wildman–Crippen MR) is 151 cm³/mol. The highest BCUT2D eigenvalue weighted by molar-refractivity contribution is 6.10. The molecule has 0 radical (unpaired) electrons. The van der Waals surface area contributed by atoms with Crippen molar-refractivity contribution in [3.63, 3.8) is 0 Å². The summed E-state index contributed by atoms with van der Waals surface area (Å²) in [6.07, 6.45) is 2.25. The van der Waals surface area contributed by atoms with E-state index in [-0.39, 0.29) is 0 Å². The fraction of sp³-hybridized carbons (Fsp3) is 0.0882. The van der Waals surface area contributed by atoms with Gasteiger partial charge in [-0.3, -0.25) is 0 Å². The van der Waals surface area contributed by atoms with E-state index in [9.17, 15) is 0 Å². The zero-order valence-electron chi connectivity index (χ0n) is 21.2. The molecule has 0 bridgehead atoms. The third-order valence-corrected chi connectivity index (χ3v) is 6.96. The first-order valence-corrected chi connectivity index (χ1v) is 12.4. The highest BCUT2D eigenvalue weighted by atomic mass is 16.5. The van der Waals surface area contributed by atoms with Crippen molar-refractivity contribution in [2.24, 2.45) is 0 Å².